The van der Waals surface area contributed by atoms with Crippen LogP contribution in [0.5, 0.6) is 0 Å². The van der Waals surface area contributed by atoms with E-state index >= 15 is 0 Å². The highest BCUT2D eigenvalue weighted by Crippen LogP contribution is 2.36. The van der Waals surface area contributed by atoms with Crippen molar-refractivity contribution in [1.29, 1.82) is 0 Å². The van der Waals surface area contributed by atoms with E-state index in [1.807, 2.05) is 0 Å². The molecule has 0 aromatic heterocycles. The fourth-order valence-corrected chi connectivity index (χ4v) is 2.45. The largest absolute Gasteiger partial charge is 0.366 e. The second-order valence-electron chi connectivity index (χ2n) is 3.81. The second kappa shape index (κ2) is 5.59. The van der Waals surface area contributed by atoms with Gasteiger partial charge in [0.25, 0.3) is 0 Å². The first-order valence-electron chi connectivity index (χ1n) is 5.14. The SMILES string of the molecule is NC(=O)c1cc(Cl)ccc1-c1cc(Cl)c(Cl)c(Cl)c1. The Morgan fingerprint density at radius 1 is 0.947 bits per heavy atom. The maximum atomic E-state index is 11.5. The zero-order valence-corrected chi connectivity index (χ0v) is 12.4. The number of hydrogen-bond acceptors (Lipinski definition) is 1. The third-order valence-electron chi connectivity index (χ3n) is 2.54. The van der Waals surface area contributed by atoms with Crippen LogP contribution < -0.4 is 5.73 Å². The molecule has 0 fully saturated rings. The molecule has 6 heteroatoms. The van der Waals surface area contributed by atoms with E-state index in [-0.39, 0.29) is 5.02 Å². The Kier molecular flexibility index (Phi) is 4.26. The number of carbonyl (C=O) groups excluding carboxylic acids is 1. The van der Waals surface area contributed by atoms with E-state index in [1.54, 1.807) is 24.3 Å². The number of halogens is 4. The van der Waals surface area contributed by atoms with Crippen molar-refractivity contribution in [2.75, 3.05) is 0 Å². The minimum Gasteiger partial charge on any atom is -0.366 e. The molecule has 2 N–H and O–H groups in total. The van der Waals surface area contributed by atoms with Crippen LogP contribution in [-0.2, 0) is 0 Å². The maximum Gasteiger partial charge on any atom is 0.249 e. The molecular weight excluding hydrogens is 328 g/mol. The van der Waals surface area contributed by atoms with Gasteiger partial charge in [0.1, 0.15) is 0 Å². The van der Waals surface area contributed by atoms with Gasteiger partial charge in [-0.2, -0.15) is 0 Å². The summed E-state index contributed by atoms with van der Waals surface area (Å²) in [5.74, 6) is -0.584. The molecular formula is C13H7Cl4NO. The summed E-state index contributed by atoms with van der Waals surface area (Å²) in [6.07, 6.45) is 0. The van der Waals surface area contributed by atoms with Gasteiger partial charge in [-0.3, -0.25) is 4.79 Å². The molecule has 0 unspecified atom stereocenters. The van der Waals surface area contributed by atoms with E-state index in [2.05, 4.69) is 0 Å². The molecule has 0 saturated carbocycles. The predicted molar refractivity (Wildman–Crippen MR) is 80.4 cm³/mol. The molecule has 0 bridgehead atoms. The molecule has 2 aromatic rings. The molecule has 0 radical (unpaired) electrons. The summed E-state index contributed by atoms with van der Waals surface area (Å²) in [6.45, 7) is 0. The van der Waals surface area contributed by atoms with E-state index in [9.17, 15) is 4.79 Å². The fourth-order valence-electron chi connectivity index (χ4n) is 1.68. The lowest BCUT2D eigenvalue weighted by Crippen LogP contribution is -2.12. The molecule has 2 nitrogen and oxygen atoms in total. The van der Waals surface area contributed by atoms with Crippen LogP contribution in [0.2, 0.25) is 20.1 Å². The second-order valence-corrected chi connectivity index (χ2v) is 5.44. The molecule has 2 aromatic carbocycles. The summed E-state index contributed by atoms with van der Waals surface area (Å²) < 4.78 is 0. The van der Waals surface area contributed by atoms with E-state index in [1.165, 1.54) is 6.07 Å². The average Bonchev–Trinajstić information content (AvgIpc) is 2.35. The summed E-state index contributed by atoms with van der Waals surface area (Å²) in [5.41, 5.74) is 6.87. The monoisotopic (exact) mass is 333 g/mol. The number of primary amides is 1. The topological polar surface area (TPSA) is 43.1 Å². The van der Waals surface area contributed by atoms with Crippen molar-refractivity contribution < 1.29 is 4.79 Å². The van der Waals surface area contributed by atoms with Gasteiger partial charge in [-0.05, 0) is 35.4 Å². The first kappa shape index (κ1) is 14.5. The maximum absolute atomic E-state index is 11.5. The smallest absolute Gasteiger partial charge is 0.249 e. The number of nitrogens with two attached hydrogens (primary N) is 1. The standard InChI is InChI=1S/C13H7Cl4NO/c14-7-1-2-8(9(5-7)13(18)19)6-3-10(15)12(17)11(16)4-6/h1-5H,(H2,18,19). The summed E-state index contributed by atoms with van der Waals surface area (Å²) in [5, 5.41) is 1.29. The molecule has 0 atom stereocenters. The number of benzene rings is 2. The Morgan fingerprint density at radius 3 is 2.05 bits per heavy atom. The van der Waals surface area contributed by atoms with Crippen molar-refractivity contribution in [3.63, 3.8) is 0 Å². The van der Waals surface area contributed by atoms with Crippen molar-refractivity contribution in [3.8, 4) is 11.1 Å². The Balaban J connectivity index is 2.68. The highest BCUT2D eigenvalue weighted by Gasteiger charge is 2.14. The third kappa shape index (κ3) is 2.98. The van der Waals surface area contributed by atoms with Gasteiger partial charge in [0.15, 0.2) is 0 Å². The normalized spacial score (nSPS) is 10.5. The van der Waals surface area contributed by atoms with E-state index in [0.29, 0.717) is 31.8 Å². The van der Waals surface area contributed by atoms with Crippen molar-refractivity contribution in [2.45, 2.75) is 0 Å². The van der Waals surface area contributed by atoms with Gasteiger partial charge in [-0.1, -0.05) is 52.5 Å². The number of amides is 1. The van der Waals surface area contributed by atoms with Crippen LogP contribution in [0.4, 0.5) is 0 Å². The molecule has 19 heavy (non-hydrogen) atoms. The molecule has 1 amide bonds. The van der Waals surface area contributed by atoms with Crippen molar-refractivity contribution in [3.05, 3.63) is 56.0 Å². The number of rotatable bonds is 2. The highest BCUT2D eigenvalue weighted by molar-refractivity contribution is 6.48. The van der Waals surface area contributed by atoms with Gasteiger partial charge < -0.3 is 5.73 Å². The third-order valence-corrected chi connectivity index (χ3v) is 3.97. The summed E-state index contributed by atoms with van der Waals surface area (Å²) >= 11 is 23.7. The minimum absolute atomic E-state index is 0.265. The summed E-state index contributed by atoms with van der Waals surface area (Å²) in [7, 11) is 0. The highest BCUT2D eigenvalue weighted by atomic mass is 35.5. The average molecular weight is 335 g/mol. The van der Waals surface area contributed by atoms with E-state index < -0.39 is 5.91 Å². The van der Waals surface area contributed by atoms with Gasteiger partial charge in [0.05, 0.1) is 15.1 Å². The van der Waals surface area contributed by atoms with Gasteiger partial charge in [-0.25, -0.2) is 0 Å². The number of hydrogen-bond donors (Lipinski definition) is 1. The zero-order valence-electron chi connectivity index (χ0n) is 9.38. The Labute approximate surface area is 130 Å². The van der Waals surface area contributed by atoms with Crippen LogP contribution in [0.1, 0.15) is 10.4 Å². The van der Waals surface area contributed by atoms with Crippen molar-refractivity contribution in [2.24, 2.45) is 5.73 Å². The molecule has 0 aliphatic rings. The quantitative estimate of drug-likeness (QED) is 0.766. The molecule has 0 saturated heterocycles. The van der Waals surface area contributed by atoms with Gasteiger partial charge in [0.2, 0.25) is 5.91 Å². The Bertz CT molecular complexity index is 647. The molecule has 0 aliphatic heterocycles. The lowest BCUT2D eigenvalue weighted by atomic mass is 9.99. The summed E-state index contributed by atoms with van der Waals surface area (Å²) in [6, 6.07) is 8.06. The predicted octanol–water partition coefficient (Wildman–Crippen LogP) is 5.07. The Hall–Kier alpha value is -0.930. The minimum atomic E-state index is -0.584. The fraction of sp³-hybridized carbons (Fsp3) is 0. The molecule has 98 valence electrons. The van der Waals surface area contributed by atoms with Crippen molar-refractivity contribution in [1.82, 2.24) is 0 Å². The van der Waals surface area contributed by atoms with Crippen LogP contribution in [0.15, 0.2) is 30.3 Å². The van der Waals surface area contributed by atoms with Gasteiger partial charge in [-0.15, -0.1) is 0 Å². The van der Waals surface area contributed by atoms with Crippen LogP contribution in [0.25, 0.3) is 11.1 Å². The summed E-state index contributed by atoms with van der Waals surface area (Å²) in [4.78, 5) is 11.5. The first-order chi connectivity index (χ1) is 8.90. The van der Waals surface area contributed by atoms with Crippen LogP contribution in [0, 0.1) is 0 Å². The first-order valence-corrected chi connectivity index (χ1v) is 6.65. The van der Waals surface area contributed by atoms with Crippen LogP contribution in [-0.4, -0.2) is 5.91 Å². The zero-order chi connectivity index (χ0) is 14.2. The van der Waals surface area contributed by atoms with Crippen LogP contribution >= 0.6 is 46.4 Å². The lowest BCUT2D eigenvalue weighted by Gasteiger charge is -2.10. The molecule has 2 rings (SSSR count). The van der Waals surface area contributed by atoms with Crippen LogP contribution in [0.3, 0.4) is 0 Å². The molecule has 0 spiro atoms. The molecule has 0 heterocycles. The van der Waals surface area contributed by atoms with E-state index in [0.717, 1.165) is 0 Å². The molecule has 0 aliphatic carbocycles. The van der Waals surface area contributed by atoms with E-state index in [4.69, 9.17) is 52.1 Å². The van der Waals surface area contributed by atoms with Gasteiger partial charge in [0, 0.05) is 10.6 Å². The van der Waals surface area contributed by atoms with Gasteiger partial charge >= 0.3 is 0 Å². The number of carbonyl (C=O) groups is 1. The lowest BCUT2D eigenvalue weighted by molar-refractivity contribution is 0.100. The van der Waals surface area contributed by atoms with Crippen molar-refractivity contribution >= 4 is 52.3 Å². The Morgan fingerprint density at radius 2 is 1.53 bits per heavy atom.